The number of amides is 2. The van der Waals surface area contributed by atoms with E-state index in [1.165, 1.54) is 15.5 Å². The Morgan fingerprint density at radius 2 is 2.00 bits per heavy atom. The monoisotopic (exact) mass is 482 g/mol. The van der Waals surface area contributed by atoms with Crippen LogP contribution in [0.5, 0.6) is 11.5 Å². The summed E-state index contributed by atoms with van der Waals surface area (Å²) < 4.78 is 33.7. The second-order valence-electron chi connectivity index (χ2n) is 8.07. The minimum atomic E-state index is -3.14. The Bertz CT molecular complexity index is 1170. The molecule has 1 N–H and O–H groups in total. The Hall–Kier alpha value is -3.21. The molecular weight excluding hydrogens is 462 g/mol. The van der Waals surface area contributed by atoms with Crippen molar-refractivity contribution in [3.05, 3.63) is 51.2 Å². The van der Waals surface area contributed by atoms with Crippen molar-refractivity contribution < 1.29 is 28.2 Å². The summed E-state index contributed by atoms with van der Waals surface area (Å²) in [6, 6.07) is 5.74. The number of aromatic hydroxyl groups is 1. The van der Waals surface area contributed by atoms with E-state index in [-0.39, 0.29) is 29.7 Å². The fourth-order valence-electron chi connectivity index (χ4n) is 4.15. The number of hydrogen-bond acceptors (Lipinski definition) is 6. The second-order valence-corrected chi connectivity index (χ2v) is 8.48. The van der Waals surface area contributed by atoms with Crippen molar-refractivity contribution in [3.63, 3.8) is 0 Å². The Morgan fingerprint density at radius 3 is 2.70 bits per heavy atom. The summed E-state index contributed by atoms with van der Waals surface area (Å²) >= 11 is 6.06. The number of aromatic nitrogens is 2. The van der Waals surface area contributed by atoms with Crippen LogP contribution in [-0.2, 0) is 6.54 Å². The number of carbonyl (C=O) groups excluding carboxylic acids is 2. The Labute approximate surface area is 192 Å². The van der Waals surface area contributed by atoms with Gasteiger partial charge in [-0.15, -0.1) is 0 Å². The van der Waals surface area contributed by atoms with Gasteiger partial charge in [-0.2, -0.15) is 4.98 Å². The first-order chi connectivity index (χ1) is 15.6. The van der Waals surface area contributed by atoms with Gasteiger partial charge in [0.25, 0.3) is 11.8 Å². The van der Waals surface area contributed by atoms with Crippen LogP contribution in [0.15, 0.2) is 29.1 Å². The maximum absolute atomic E-state index is 13.5. The van der Waals surface area contributed by atoms with E-state index in [1.807, 2.05) is 0 Å². The van der Waals surface area contributed by atoms with Crippen LogP contribution >= 0.6 is 11.6 Å². The average molecular weight is 483 g/mol. The van der Waals surface area contributed by atoms with Crippen LogP contribution in [-0.4, -0.2) is 62.0 Å². The van der Waals surface area contributed by atoms with E-state index in [1.54, 1.807) is 18.2 Å². The number of alkyl halides is 2. The molecule has 1 aromatic carbocycles. The molecule has 1 aromatic heterocycles. The molecule has 0 radical (unpaired) electrons. The molecule has 1 unspecified atom stereocenters. The van der Waals surface area contributed by atoms with Crippen LogP contribution in [0.1, 0.15) is 42.1 Å². The van der Waals surface area contributed by atoms with Crippen LogP contribution in [0.3, 0.4) is 0 Å². The molecule has 1 atom stereocenters. The molecule has 2 amide bonds. The third-order valence-electron chi connectivity index (χ3n) is 5.56. The van der Waals surface area contributed by atoms with Gasteiger partial charge in [-0.25, -0.2) is 13.6 Å². The van der Waals surface area contributed by atoms with Crippen LogP contribution in [0.25, 0.3) is 0 Å². The van der Waals surface area contributed by atoms with Crippen molar-refractivity contribution in [1.29, 1.82) is 0 Å². The van der Waals surface area contributed by atoms with Gasteiger partial charge >= 0.3 is 11.7 Å². The SMILES string of the molecule is CC(F)(F)CN1CCn2c(C3CCCN3C(=O)Oc3ccccc3Cl)nc(=O)c(O)c2C1=O. The molecule has 0 spiro atoms. The molecule has 3 heterocycles. The summed E-state index contributed by atoms with van der Waals surface area (Å²) in [5, 5.41) is 10.5. The van der Waals surface area contributed by atoms with Gasteiger partial charge in [0.05, 0.1) is 17.6 Å². The average Bonchev–Trinajstić information content (AvgIpc) is 3.23. The Kier molecular flexibility index (Phi) is 6.00. The minimum Gasteiger partial charge on any atom is -0.501 e. The fraction of sp³-hybridized carbons (Fsp3) is 0.429. The minimum absolute atomic E-state index is 0.0250. The van der Waals surface area contributed by atoms with Crippen molar-refractivity contribution in [2.75, 3.05) is 19.6 Å². The number of rotatable bonds is 4. The van der Waals surface area contributed by atoms with Crippen molar-refractivity contribution in [1.82, 2.24) is 19.4 Å². The second kappa shape index (κ2) is 8.62. The maximum Gasteiger partial charge on any atom is 0.415 e. The lowest BCUT2D eigenvalue weighted by Gasteiger charge is -2.34. The summed E-state index contributed by atoms with van der Waals surface area (Å²) in [7, 11) is 0. The Balaban J connectivity index is 1.68. The number of benzene rings is 1. The van der Waals surface area contributed by atoms with Crippen LogP contribution in [0.4, 0.5) is 13.6 Å². The predicted octanol–water partition coefficient (Wildman–Crippen LogP) is 3.05. The van der Waals surface area contributed by atoms with Gasteiger partial charge < -0.3 is 19.3 Å². The summed E-state index contributed by atoms with van der Waals surface area (Å²) in [4.78, 5) is 44.3. The van der Waals surface area contributed by atoms with Gasteiger partial charge in [0.15, 0.2) is 11.4 Å². The highest BCUT2D eigenvalue weighted by Crippen LogP contribution is 2.35. The summed E-state index contributed by atoms with van der Waals surface area (Å²) in [5.74, 6) is -4.69. The highest BCUT2D eigenvalue weighted by Gasteiger charge is 2.40. The standard InChI is InChI=1S/C21H21ClF2N4O5/c1-21(23,24)11-26-9-10-28-15(19(26)31)16(29)18(30)25-17(28)13-6-4-8-27(13)20(32)33-14-7-3-2-5-12(14)22/h2-3,5,7,13,29H,4,6,8-11H2,1H3. The zero-order chi connectivity index (χ0) is 23.9. The van der Waals surface area contributed by atoms with Gasteiger partial charge in [0.2, 0.25) is 5.75 Å². The number of ether oxygens (including phenoxy) is 1. The zero-order valence-electron chi connectivity index (χ0n) is 17.6. The quantitative estimate of drug-likeness (QED) is 0.718. The highest BCUT2D eigenvalue weighted by atomic mass is 35.5. The third-order valence-corrected chi connectivity index (χ3v) is 5.87. The summed E-state index contributed by atoms with van der Waals surface area (Å²) in [6.45, 7) is 0.0973. The number of likely N-dealkylation sites (tertiary alicyclic amines) is 1. The van der Waals surface area contributed by atoms with Crippen LogP contribution < -0.4 is 10.3 Å². The lowest BCUT2D eigenvalue weighted by atomic mass is 10.1. The lowest BCUT2D eigenvalue weighted by Crippen LogP contribution is -2.48. The van der Waals surface area contributed by atoms with Crippen LogP contribution in [0.2, 0.25) is 5.02 Å². The molecule has 1 fully saturated rings. The molecule has 2 aromatic rings. The molecule has 0 bridgehead atoms. The number of halogens is 3. The van der Waals surface area contributed by atoms with Crippen molar-refractivity contribution in [2.45, 2.75) is 38.3 Å². The zero-order valence-corrected chi connectivity index (χ0v) is 18.4. The smallest absolute Gasteiger partial charge is 0.415 e. The van der Waals surface area contributed by atoms with E-state index in [0.717, 1.165) is 4.90 Å². The molecule has 4 rings (SSSR count). The lowest BCUT2D eigenvalue weighted by molar-refractivity contribution is -0.0143. The molecule has 1 saturated heterocycles. The van der Waals surface area contributed by atoms with E-state index >= 15 is 0 Å². The number of fused-ring (bicyclic) bond motifs is 1. The molecule has 33 heavy (non-hydrogen) atoms. The van der Waals surface area contributed by atoms with Crippen molar-refractivity contribution >= 4 is 23.6 Å². The first-order valence-corrected chi connectivity index (χ1v) is 10.7. The van der Waals surface area contributed by atoms with E-state index in [9.17, 15) is 28.3 Å². The first kappa shape index (κ1) is 23.0. The summed E-state index contributed by atoms with van der Waals surface area (Å²) in [6.07, 6.45) is 0.298. The van der Waals surface area contributed by atoms with Crippen LogP contribution in [0, 0.1) is 0 Å². The highest BCUT2D eigenvalue weighted by molar-refractivity contribution is 6.32. The molecule has 2 aliphatic rings. The van der Waals surface area contributed by atoms with Gasteiger partial charge in [-0.1, -0.05) is 23.7 Å². The first-order valence-electron chi connectivity index (χ1n) is 10.3. The topological polar surface area (TPSA) is 105 Å². The molecule has 2 aliphatic heterocycles. The predicted molar refractivity (Wildman–Crippen MR) is 113 cm³/mol. The number of carbonyl (C=O) groups is 2. The molecule has 9 nitrogen and oxygen atoms in total. The molecule has 12 heteroatoms. The van der Waals surface area contributed by atoms with Gasteiger partial charge in [0.1, 0.15) is 5.82 Å². The van der Waals surface area contributed by atoms with Gasteiger partial charge in [-0.3, -0.25) is 14.5 Å². The largest absolute Gasteiger partial charge is 0.501 e. The molecule has 0 aliphatic carbocycles. The summed E-state index contributed by atoms with van der Waals surface area (Å²) in [5.41, 5.74) is -1.48. The van der Waals surface area contributed by atoms with Crippen molar-refractivity contribution in [3.8, 4) is 11.5 Å². The molecular formula is C21H21ClF2N4O5. The number of nitrogens with zero attached hydrogens (tertiary/aromatic N) is 4. The molecule has 0 saturated carbocycles. The maximum atomic E-state index is 13.5. The van der Waals surface area contributed by atoms with E-state index in [2.05, 4.69) is 4.98 Å². The number of hydrogen-bond donors (Lipinski definition) is 1. The Morgan fingerprint density at radius 1 is 1.27 bits per heavy atom. The van der Waals surface area contributed by atoms with E-state index < -0.39 is 47.5 Å². The number of para-hydroxylation sites is 1. The fourth-order valence-corrected chi connectivity index (χ4v) is 4.32. The van der Waals surface area contributed by atoms with E-state index in [4.69, 9.17) is 16.3 Å². The van der Waals surface area contributed by atoms with E-state index in [0.29, 0.717) is 26.3 Å². The normalized spacial score (nSPS) is 18.4. The van der Waals surface area contributed by atoms with Gasteiger partial charge in [0, 0.05) is 26.6 Å². The third kappa shape index (κ3) is 4.50. The van der Waals surface area contributed by atoms with Crippen molar-refractivity contribution in [2.24, 2.45) is 0 Å². The molecule has 176 valence electrons. The van der Waals surface area contributed by atoms with Gasteiger partial charge in [-0.05, 0) is 25.0 Å².